The third-order valence-electron chi connectivity index (χ3n) is 5.84. The molecule has 0 aliphatic rings. The van der Waals surface area contributed by atoms with E-state index in [1.54, 1.807) is 6.07 Å². The maximum Gasteiger partial charge on any atom is 0.293 e. The highest BCUT2D eigenvalue weighted by atomic mass is 32.2. The van der Waals surface area contributed by atoms with Crippen molar-refractivity contribution in [1.82, 2.24) is 9.99 Å². The van der Waals surface area contributed by atoms with Gasteiger partial charge in [-0.2, -0.15) is 5.10 Å². The Bertz CT molecular complexity index is 1600. The molecule has 1 aromatic heterocycles. The Labute approximate surface area is 220 Å². The monoisotopic (exact) mass is 531 g/mol. The Morgan fingerprint density at radius 2 is 1.61 bits per heavy atom. The number of hydrogen-bond acceptors (Lipinski definition) is 6. The van der Waals surface area contributed by atoms with Gasteiger partial charge in [-0.3, -0.25) is 14.9 Å². The quantitative estimate of drug-likeness (QED) is 0.195. The van der Waals surface area contributed by atoms with Gasteiger partial charge in [0, 0.05) is 28.7 Å². The van der Waals surface area contributed by atoms with Crippen LogP contribution in [0.2, 0.25) is 0 Å². The maximum atomic E-state index is 13.4. The molecule has 4 rings (SSSR count). The van der Waals surface area contributed by atoms with E-state index in [-0.39, 0.29) is 10.6 Å². The summed E-state index contributed by atoms with van der Waals surface area (Å²) in [6.07, 6.45) is 1.47. The third kappa shape index (κ3) is 5.47. The Balaban J connectivity index is 1.60. The predicted molar refractivity (Wildman–Crippen MR) is 145 cm³/mol. The van der Waals surface area contributed by atoms with Crippen molar-refractivity contribution >= 4 is 33.5 Å². The van der Waals surface area contributed by atoms with Gasteiger partial charge in [-0.15, -0.1) is 0 Å². The van der Waals surface area contributed by atoms with Crippen LogP contribution >= 0.6 is 0 Å². The molecular formula is C27H25N5O5S. The molecule has 0 atom stereocenters. The number of rotatable bonds is 9. The lowest BCUT2D eigenvalue weighted by Crippen LogP contribution is -2.39. The predicted octanol–water partition coefficient (Wildman–Crippen LogP) is 4.35. The first-order valence-electron chi connectivity index (χ1n) is 11.6. The molecule has 0 bridgehead atoms. The number of aromatic nitrogens is 1. The van der Waals surface area contributed by atoms with Gasteiger partial charge in [0.1, 0.15) is 12.2 Å². The van der Waals surface area contributed by atoms with Crippen LogP contribution in [0.15, 0.2) is 101 Å². The van der Waals surface area contributed by atoms with Crippen molar-refractivity contribution < 1.29 is 18.1 Å². The zero-order valence-corrected chi connectivity index (χ0v) is 21.5. The zero-order valence-electron chi connectivity index (χ0n) is 20.7. The highest BCUT2D eigenvalue weighted by molar-refractivity contribution is 7.92. The number of amides is 1. The van der Waals surface area contributed by atoms with Gasteiger partial charge < -0.3 is 4.57 Å². The largest absolute Gasteiger partial charge is 0.318 e. The van der Waals surface area contributed by atoms with Crippen LogP contribution in [0.4, 0.5) is 11.4 Å². The van der Waals surface area contributed by atoms with Crippen molar-refractivity contribution in [3.05, 3.63) is 118 Å². The van der Waals surface area contributed by atoms with Gasteiger partial charge in [0.15, 0.2) is 0 Å². The van der Waals surface area contributed by atoms with E-state index in [1.165, 1.54) is 54.7 Å². The van der Waals surface area contributed by atoms with Crippen molar-refractivity contribution in [2.45, 2.75) is 18.7 Å². The summed E-state index contributed by atoms with van der Waals surface area (Å²) in [5, 5.41) is 15.6. The fourth-order valence-corrected chi connectivity index (χ4v) is 5.54. The number of nitrogens with one attached hydrogen (secondary N) is 1. The normalized spacial score (nSPS) is 11.4. The van der Waals surface area contributed by atoms with E-state index in [1.807, 2.05) is 54.8 Å². The van der Waals surface area contributed by atoms with Crippen molar-refractivity contribution in [2.75, 3.05) is 10.8 Å². The minimum atomic E-state index is -4.31. The number of sulfonamides is 1. The van der Waals surface area contributed by atoms with Gasteiger partial charge in [-0.05, 0) is 50.2 Å². The molecule has 0 aliphatic heterocycles. The van der Waals surface area contributed by atoms with Crippen LogP contribution in [-0.4, -0.2) is 36.6 Å². The lowest BCUT2D eigenvalue weighted by atomic mass is 10.2. The third-order valence-corrected chi connectivity index (χ3v) is 7.62. The Kier molecular flexibility index (Phi) is 7.68. The first-order valence-corrected chi connectivity index (χ1v) is 13.0. The van der Waals surface area contributed by atoms with Crippen LogP contribution in [-0.2, 0) is 14.8 Å². The van der Waals surface area contributed by atoms with Gasteiger partial charge in [0.2, 0.25) is 0 Å². The SMILES string of the molecule is Cc1cc(/C=N\NC(=O)CN(c2ccccc2[N+](=O)[O-])S(=O)(=O)c2ccccc2)c(C)n1-c1ccccc1. The number of nitro benzene ring substituents is 1. The van der Waals surface area contributed by atoms with Crippen LogP contribution < -0.4 is 9.73 Å². The molecule has 194 valence electrons. The Morgan fingerprint density at radius 3 is 2.26 bits per heavy atom. The molecule has 0 unspecified atom stereocenters. The van der Waals surface area contributed by atoms with Crippen molar-refractivity contribution in [3.8, 4) is 5.69 Å². The maximum absolute atomic E-state index is 13.4. The average molecular weight is 532 g/mol. The van der Waals surface area contributed by atoms with Crippen LogP contribution in [0.5, 0.6) is 0 Å². The molecule has 1 N–H and O–H groups in total. The van der Waals surface area contributed by atoms with E-state index in [4.69, 9.17) is 0 Å². The van der Waals surface area contributed by atoms with Crippen molar-refractivity contribution in [1.29, 1.82) is 0 Å². The van der Waals surface area contributed by atoms with Gasteiger partial charge in [0.05, 0.1) is 16.0 Å². The molecule has 0 fully saturated rings. The van der Waals surface area contributed by atoms with Crippen LogP contribution in [0.1, 0.15) is 17.0 Å². The molecule has 0 radical (unpaired) electrons. The number of anilines is 1. The highest BCUT2D eigenvalue weighted by Gasteiger charge is 2.31. The van der Waals surface area contributed by atoms with E-state index in [9.17, 15) is 23.3 Å². The van der Waals surface area contributed by atoms with Crippen LogP contribution in [0, 0.1) is 24.0 Å². The molecule has 38 heavy (non-hydrogen) atoms. The van der Waals surface area contributed by atoms with Crippen LogP contribution in [0.3, 0.4) is 0 Å². The number of nitro groups is 1. The smallest absolute Gasteiger partial charge is 0.293 e. The topological polar surface area (TPSA) is 127 Å². The van der Waals surface area contributed by atoms with Crippen molar-refractivity contribution in [3.63, 3.8) is 0 Å². The summed E-state index contributed by atoms with van der Waals surface area (Å²) in [6, 6.07) is 24.5. The Morgan fingerprint density at radius 1 is 1.00 bits per heavy atom. The fraction of sp³-hybridized carbons (Fsp3) is 0.111. The number of carbonyl (C=O) groups excluding carboxylic acids is 1. The number of para-hydroxylation sites is 3. The first kappa shape index (κ1) is 26.3. The summed E-state index contributed by atoms with van der Waals surface area (Å²) < 4.78 is 29.6. The van der Waals surface area contributed by atoms with Gasteiger partial charge in [0.25, 0.3) is 21.6 Å². The fourth-order valence-electron chi connectivity index (χ4n) is 4.08. The Hall–Kier alpha value is -4.77. The molecule has 4 aromatic rings. The molecule has 1 heterocycles. The lowest BCUT2D eigenvalue weighted by Gasteiger charge is -2.23. The number of aryl methyl sites for hydroxylation is 1. The van der Waals surface area contributed by atoms with Crippen molar-refractivity contribution in [2.24, 2.45) is 5.10 Å². The van der Waals surface area contributed by atoms with Gasteiger partial charge >= 0.3 is 0 Å². The van der Waals surface area contributed by atoms with E-state index in [0.29, 0.717) is 4.31 Å². The molecule has 0 saturated heterocycles. The summed E-state index contributed by atoms with van der Waals surface area (Å²) >= 11 is 0. The standard InChI is InChI=1S/C27H25N5O5S/c1-20-17-22(21(2)31(20)23-11-5-3-6-12-23)18-28-29-27(33)19-30(25-15-9-10-16-26(25)32(34)35)38(36,37)24-13-7-4-8-14-24/h3-18H,19H2,1-2H3,(H,29,33)/b28-18-. The minimum Gasteiger partial charge on any atom is -0.318 e. The second kappa shape index (κ2) is 11.1. The summed E-state index contributed by atoms with van der Waals surface area (Å²) in [6.45, 7) is 3.16. The number of carbonyl (C=O) groups is 1. The number of nitrogens with zero attached hydrogens (tertiary/aromatic N) is 4. The summed E-state index contributed by atoms with van der Waals surface area (Å²) in [5.74, 6) is -0.768. The zero-order chi connectivity index (χ0) is 27.3. The first-order chi connectivity index (χ1) is 18.2. The summed E-state index contributed by atoms with van der Waals surface area (Å²) in [7, 11) is -4.31. The number of hydrogen-bond donors (Lipinski definition) is 1. The minimum absolute atomic E-state index is 0.109. The van der Waals surface area contributed by atoms with Gasteiger partial charge in [-0.25, -0.2) is 18.1 Å². The average Bonchev–Trinajstić information content (AvgIpc) is 3.20. The summed E-state index contributed by atoms with van der Waals surface area (Å²) in [5.41, 5.74) is 5.29. The van der Waals surface area contributed by atoms with E-state index in [2.05, 4.69) is 10.5 Å². The second-order valence-electron chi connectivity index (χ2n) is 8.36. The van der Waals surface area contributed by atoms with Gasteiger partial charge in [-0.1, -0.05) is 48.5 Å². The molecule has 11 heteroatoms. The van der Waals surface area contributed by atoms with E-state index >= 15 is 0 Å². The molecular weight excluding hydrogens is 506 g/mol. The molecule has 0 saturated carbocycles. The number of hydrazone groups is 1. The second-order valence-corrected chi connectivity index (χ2v) is 10.2. The van der Waals surface area contributed by atoms with E-state index < -0.39 is 33.1 Å². The molecule has 0 aliphatic carbocycles. The van der Waals surface area contributed by atoms with Crippen LogP contribution in [0.25, 0.3) is 5.69 Å². The molecule has 3 aromatic carbocycles. The highest BCUT2D eigenvalue weighted by Crippen LogP contribution is 2.32. The molecule has 0 spiro atoms. The summed E-state index contributed by atoms with van der Waals surface area (Å²) in [4.78, 5) is 23.7. The number of benzene rings is 3. The lowest BCUT2D eigenvalue weighted by molar-refractivity contribution is -0.384. The molecule has 10 nitrogen and oxygen atoms in total. The molecule has 1 amide bonds. The van der Waals surface area contributed by atoms with E-state index in [0.717, 1.165) is 22.6 Å².